The van der Waals surface area contributed by atoms with E-state index in [4.69, 9.17) is 0 Å². The molecule has 0 aliphatic carbocycles. The summed E-state index contributed by atoms with van der Waals surface area (Å²) in [5.74, 6) is -1.86. The molecule has 0 atom stereocenters. The summed E-state index contributed by atoms with van der Waals surface area (Å²) in [5.41, 5.74) is 1.83. The molecule has 224 valence electrons. The molecule has 2 heterocycles. The van der Waals surface area contributed by atoms with E-state index in [1.165, 1.54) is 54.7 Å². The first-order valence-electron chi connectivity index (χ1n) is 11.5. The number of hydrogen-bond acceptors (Lipinski definition) is 10. The summed E-state index contributed by atoms with van der Waals surface area (Å²) in [5, 5.41) is 13.9. The van der Waals surface area contributed by atoms with Crippen LogP contribution in [0.3, 0.4) is 0 Å². The third-order valence-corrected chi connectivity index (χ3v) is 9.06. The second-order valence-corrected chi connectivity index (χ2v) is 13.5. The Hall–Kier alpha value is -1.57. The van der Waals surface area contributed by atoms with Gasteiger partial charge in [-0.25, -0.2) is 26.5 Å². The van der Waals surface area contributed by atoms with Gasteiger partial charge in [0, 0.05) is 7.14 Å². The number of aromatic hydroxyl groups is 1. The topological polar surface area (TPSA) is 222 Å². The van der Waals surface area contributed by atoms with Crippen molar-refractivity contribution in [2.75, 3.05) is 5.01 Å². The van der Waals surface area contributed by atoms with Crippen molar-refractivity contribution in [3.05, 3.63) is 101 Å². The molecule has 1 saturated heterocycles. The Morgan fingerprint density at radius 2 is 1.29 bits per heavy atom. The Morgan fingerprint density at radius 3 is 1.82 bits per heavy atom. The average Bonchev–Trinajstić information content (AvgIpc) is 3.35. The molecule has 2 amide bonds. The van der Waals surface area contributed by atoms with E-state index >= 15 is 0 Å². The molecule has 1 aliphatic heterocycles. The first-order chi connectivity index (χ1) is 20.1. The minimum absolute atomic E-state index is 0. The Balaban J connectivity index is 0.00000353. The quantitative estimate of drug-likeness (QED) is 0.0498. The van der Waals surface area contributed by atoms with Crippen LogP contribution >= 0.6 is 45.2 Å². The van der Waals surface area contributed by atoms with Crippen LogP contribution in [-0.4, -0.2) is 52.6 Å². The van der Waals surface area contributed by atoms with Crippen molar-refractivity contribution in [1.82, 2.24) is 15.2 Å². The minimum atomic E-state index is -4.69. The van der Waals surface area contributed by atoms with Crippen molar-refractivity contribution in [3.63, 3.8) is 0 Å². The average molecular weight is 892 g/mol. The third-order valence-electron chi connectivity index (χ3n) is 5.67. The molecule has 1 aliphatic rings. The number of aromatic amines is 1. The summed E-state index contributed by atoms with van der Waals surface area (Å²) in [6.45, 7) is 0. The number of amides is 2. The zero-order valence-corrected chi connectivity index (χ0v) is 33.0. The molecule has 0 unspecified atom stereocenters. The van der Waals surface area contributed by atoms with E-state index in [1.54, 1.807) is 45.2 Å². The van der Waals surface area contributed by atoms with Crippen molar-refractivity contribution >= 4 is 89.0 Å². The number of carbonyl (C=O) groups is 2. The minimum Gasteiger partial charge on any atom is -0.744 e. The van der Waals surface area contributed by atoms with Gasteiger partial charge in [0.2, 0.25) is 5.88 Å². The number of hydrazine groups is 1. The molecular weight excluding hydrogens is 876 g/mol. The standard InChI is InChI=1S/C25H18I2N4O10S2.2Na/c26-18-12-14(42(36,37)38)8-10-20(18)30-24(34)16(22(32)28-30)6-4-2-1-3-5-7-17-23(33)29-31(25(17)35)21-11-9-15(13-19(21)27)43(39,40)41;;/h1-13,34H,(H,28,32)(H,29,33)(H,36,37,38)(H,39,40,41);;/q;2*+1/p-2/b2-1+,5-3+,6-4+,17-7-;;/i26-2,27-2;;. The van der Waals surface area contributed by atoms with E-state index in [9.17, 15) is 45.4 Å². The fourth-order valence-corrected chi connectivity index (χ4v) is 6.58. The molecule has 0 bridgehead atoms. The van der Waals surface area contributed by atoms with E-state index in [0.717, 1.165) is 34.0 Å². The van der Waals surface area contributed by atoms with E-state index < -0.39 is 53.3 Å². The van der Waals surface area contributed by atoms with Gasteiger partial charge >= 0.3 is 59.1 Å². The second kappa shape index (κ2) is 16.0. The van der Waals surface area contributed by atoms with E-state index in [2.05, 4.69) is 10.5 Å². The number of rotatable bonds is 8. The normalized spacial score (nSPS) is 14.8. The van der Waals surface area contributed by atoms with E-state index in [-0.39, 0.29) is 88.8 Å². The fraction of sp³-hybridized carbons (Fsp3) is 0. The molecule has 0 radical (unpaired) electrons. The van der Waals surface area contributed by atoms with Gasteiger partial charge < -0.3 is 14.2 Å². The van der Waals surface area contributed by atoms with Crippen LogP contribution in [0.2, 0.25) is 0 Å². The van der Waals surface area contributed by atoms with Gasteiger partial charge in [0.15, 0.2) is 0 Å². The van der Waals surface area contributed by atoms with Gasteiger partial charge in [0.1, 0.15) is 31.4 Å². The van der Waals surface area contributed by atoms with Crippen LogP contribution in [0, 0.1) is 7.14 Å². The van der Waals surface area contributed by atoms with Crippen LogP contribution in [0.25, 0.3) is 11.8 Å². The van der Waals surface area contributed by atoms with Gasteiger partial charge in [-0.1, -0.05) is 30.4 Å². The predicted molar refractivity (Wildman–Crippen MR) is 167 cm³/mol. The van der Waals surface area contributed by atoms with Gasteiger partial charge in [-0.3, -0.25) is 24.9 Å². The number of allylic oxidation sites excluding steroid dienone is 6. The molecule has 2 aromatic carbocycles. The van der Waals surface area contributed by atoms with Crippen molar-refractivity contribution in [3.8, 4) is 11.6 Å². The Bertz CT molecular complexity index is 2070. The van der Waals surface area contributed by atoms with Gasteiger partial charge in [0.05, 0.1) is 21.2 Å². The number of anilines is 1. The molecule has 4 rings (SSSR count). The Morgan fingerprint density at radius 1 is 0.778 bits per heavy atom. The van der Waals surface area contributed by atoms with Gasteiger partial charge in [-0.05, 0) is 93.7 Å². The van der Waals surface area contributed by atoms with Crippen LogP contribution in [-0.2, 0) is 29.8 Å². The molecule has 3 aromatic rings. The smallest absolute Gasteiger partial charge is 0.744 e. The van der Waals surface area contributed by atoms with Crippen LogP contribution in [0.4, 0.5) is 5.69 Å². The molecule has 45 heavy (non-hydrogen) atoms. The number of H-pyrrole nitrogens is 1. The number of aromatic nitrogens is 2. The zero-order chi connectivity index (χ0) is 31.7. The van der Waals surface area contributed by atoms with Crippen LogP contribution in [0.15, 0.2) is 93.0 Å². The summed E-state index contributed by atoms with van der Waals surface area (Å²) in [7, 11) is -9.38. The zero-order valence-electron chi connectivity index (χ0n) is 23.1. The summed E-state index contributed by atoms with van der Waals surface area (Å²) in [6.07, 6.45) is 9.92. The number of halogens is 2. The van der Waals surface area contributed by atoms with E-state index in [0.29, 0.717) is 0 Å². The largest absolute Gasteiger partial charge is 1.00 e. The molecule has 20 heteroatoms. The molecule has 1 aromatic heterocycles. The van der Waals surface area contributed by atoms with Crippen molar-refractivity contribution in [2.24, 2.45) is 0 Å². The Labute approximate surface area is 327 Å². The van der Waals surface area contributed by atoms with Crippen LogP contribution in [0.5, 0.6) is 5.88 Å². The van der Waals surface area contributed by atoms with Gasteiger partial charge in [-0.2, -0.15) is 0 Å². The molecular formula is C25H16I2N4Na2O10S2. The number of hydrogen-bond donors (Lipinski definition) is 3. The first kappa shape index (κ1) is 39.6. The van der Waals surface area contributed by atoms with Crippen molar-refractivity contribution in [2.45, 2.75) is 9.79 Å². The Kier molecular flexibility index (Phi) is 14.1. The number of carbonyl (C=O) groups excluding carboxylic acids is 2. The van der Waals surface area contributed by atoms with Crippen molar-refractivity contribution < 1.29 is 99.8 Å². The SMILES string of the molecule is O=C1NN(c2ccc(S(=O)(=O)[O-])cc2[125I])C(=O)\C1=C/C=C/C=C/C=C/c1c(O)n(-c2ccc(S(=O)(=O)[O-])cc2[125I])[nH]c1=O.[Na+].[Na+]. The third kappa shape index (κ3) is 9.28. The monoisotopic (exact) mass is 892 g/mol. The second-order valence-electron chi connectivity index (χ2n) is 8.44. The molecule has 3 N–H and O–H groups in total. The van der Waals surface area contributed by atoms with Crippen LogP contribution < -0.4 is 75.1 Å². The first-order valence-corrected chi connectivity index (χ1v) is 16.5. The number of nitrogens with zero attached hydrogens (tertiary/aromatic N) is 2. The molecule has 1 fully saturated rings. The maximum atomic E-state index is 12.8. The van der Waals surface area contributed by atoms with Crippen LogP contribution in [0.1, 0.15) is 5.56 Å². The number of nitrogens with one attached hydrogen (secondary N) is 2. The number of benzene rings is 2. The summed E-state index contributed by atoms with van der Waals surface area (Å²) < 4.78 is 68.9. The summed E-state index contributed by atoms with van der Waals surface area (Å²) in [6, 6.07) is 6.78. The molecule has 0 saturated carbocycles. The fourth-order valence-electron chi connectivity index (χ4n) is 3.65. The molecule has 14 nitrogen and oxygen atoms in total. The molecule has 0 spiro atoms. The maximum Gasteiger partial charge on any atom is 1.00 e. The summed E-state index contributed by atoms with van der Waals surface area (Å²) >= 11 is 3.50. The van der Waals surface area contributed by atoms with Gasteiger partial charge in [0.25, 0.3) is 17.4 Å². The predicted octanol–water partition coefficient (Wildman–Crippen LogP) is -3.97. The van der Waals surface area contributed by atoms with Crippen molar-refractivity contribution in [1.29, 1.82) is 0 Å². The van der Waals surface area contributed by atoms with E-state index in [1.807, 2.05) is 0 Å². The van der Waals surface area contributed by atoms with Gasteiger partial charge in [-0.15, -0.1) is 0 Å². The maximum absolute atomic E-state index is 12.8. The summed E-state index contributed by atoms with van der Waals surface area (Å²) in [4.78, 5) is 36.5.